The Kier molecular flexibility index (Phi) is 4.24. The van der Waals surface area contributed by atoms with Crippen LogP contribution in [-0.4, -0.2) is 13.0 Å². The molecule has 0 heterocycles. The molecule has 0 fully saturated rings. The molecule has 0 aromatic heterocycles. The first-order chi connectivity index (χ1) is 9.51. The van der Waals surface area contributed by atoms with Crippen LogP contribution in [0.3, 0.4) is 0 Å². The van der Waals surface area contributed by atoms with E-state index in [-0.39, 0.29) is 11.3 Å². The van der Waals surface area contributed by atoms with E-state index in [1.807, 2.05) is 0 Å². The molecule has 2 aromatic rings. The molecule has 6 heteroatoms. The second kappa shape index (κ2) is 5.92. The lowest BCUT2D eigenvalue weighted by atomic mass is 10.2. The molecule has 0 aliphatic heterocycles. The number of carbonyl (C=O) groups is 1. The van der Waals surface area contributed by atoms with Crippen LogP contribution in [0.5, 0.6) is 5.75 Å². The summed E-state index contributed by atoms with van der Waals surface area (Å²) in [5, 5.41) is 2.66. The number of anilines is 2. The van der Waals surface area contributed by atoms with Crippen LogP contribution in [0.2, 0.25) is 0 Å². The number of methoxy groups -OCH3 is 1. The Morgan fingerprint density at radius 1 is 1.30 bits per heavy atom. The summed E-state index contributed by atoms with van der Waals surface area (Å²) in [6, 6.07) is 9.02. The summed E-state index contributed by atoms with van der Waals surface area (Å²) < 4.78 is 19.0. The van der Waals surface area contributed by atoms with Crippen molar-refractivity contribution in [1.29, 1.82) is 0 Å². The van der Waals surface area contributed by atoms with E-state index in [9.17, 15) is 9.18 Å². The van der Waals surface area contributed by atoms with Gasteiger partial charge >= 0.3 is 0 Å². The van der Waals surface area contributed by atoms with Crippen molar-refractivity contribution < 1.29 is 13.9 Å². The molecular formula is C14H12BrFN2O2. The first-order valence-electron chi connectivity index (χ1n) is 5.71. The fourth-order valence-corrected chi connectivity index (χ4v) is 1.99. The lowest BCUT2D eigenvalue weighted by molar-refractivity contribution is 0.102. The van der Waals surface area contributed by atoms with Crippen LogP contribution < -0.4 is 15.8 Å². The van der Waals surface area contributed by atoms with Crippen LogP contribution in [0.25, 0.3) is 0 Å². The van der Waals surface area contributed by atoms with Crippen LogP contribution in [-0.2, 0) is 0 Å². The van der Waals surface area contributed by atoms with Crippen LogP contribution in [0.1, 0.15) is 10.4 Å². The van der Waals surface area contributed by atoms with Gasteiger partial charge in [0.05, 0.1) is 7.11 Å². The van der Waals surface area contributed by atoms with Gasteiger partial charge in [-0.15, -0.1) is 0 Å². The van der Waals surface area contributed by atoms with E-state index in [0.29, 0.717) is 15.8 Å². The molecule has 0 saturated carbocycles. The van der Waals surface area contributed by atoms with E-state index in [2.05, 4.69) is 21.2 Å². The van der Waals surface area contributed by atoms with E-state index >= 15 is 0 Å². The number of hydrogen-bond donors (Lipinski definition) is 2. The Labute approximate surface area is 123 Å². The molecule has 2 aromatic carbocycles. The Morgan fingerprint density at radius 2 is 2.05 bits per heavy atom. The maximum atomic E-state index is 13.5. The SMILES string of the molecule is COc1ccc(C(=O)Nc2ccc(N)c(Br)c2)cc1F. The van der Waals surface area contributed by atoms with Gasteiger partial charge in [0.15, 0.2) is 11.6 Å². The van der Waals surface area contributed by atoms with Crippen LogP contribution in [0.4, 0.5) is 15.8 Å². The number of carbonyl (C=O) groups excluding carboxylic acids is 1. The molecule has 0 unspecified atom stereocenters. The van der Waals surface area contributed by atoms with Gasteiger partial charge in [0.2, 0.25) is 0 Å². The van der Waals surface area contributed by atoms with Gasteiger partial charge in [-0.1, -0.05) is 0 Å². The first-order valence-corrected chi connectivity index (χ1v) is 6.50. The van der Waals surface area contributed by atoms with E-state index in [1.165, 1.54) is 19.2 Å². The van der Waals surface area contributed by atoms with Crippen molar-refractivity contribution in [2.45, 2.75) is 0 Å². The van der Waals surface area contributed by atoms with Gasteiger partial charge in [-0.25, -0.2) is 4.39 Å². The van der Waals surface area contributed by atoms with Crippen LogP contribution >= 0.6 is 15.9 Å². The van der Waals surface area contributed by atoms with Gasteiger partial charge < -0.3 is 15.8 Å². The molecule has 0 saturated heterocycles. The first kappa shape index (κ1) is 14.3. The zero-order chi connectivity index (χ0) is 14.7. The summed E-state index contributed by atoms with van der Waals surface area (Å²) in [4.78, 5) is 12.0. The fraction of sp³-hybridized carbons (Fsp3) is 0.0714. The smallest absolute Gasteiger partial charge is 0.255 e. The number of halogens is 2. The Morgan fingerprint density at radius 3 is 2.65 bits per heavy atom. The highest BCUT2D eigenvalue weighted by molar-refractivity contribution is 9.10. The van der Waals surface area contributed by atoms with Crippen LogP contribution in [0.15, 0.2) is 40.9 Å². The highest BCUT2D eigenvalue weighted by Gasteiger charge is 2.10. The zero-order valence-corrected chi connectivity index (χ0v) is 12.2. The molecule has 0 bridgehead atoms. The molecule has 0 atom stereocenters. The molecule has 0 aliphatic rings. The number of ether oxygens (including phenoxy) is 1. The molecule has 3 N–H and O–H groups in total. The summed E-state index contributed by atoms with van der Waals surface area (Å²) in [5.41, 5.74) is 6.99. The minimum atomic E-state index is -0.585. The predicted molar refractivity (Wildman–Crippen MR) is 79.5 cm³/mol. The number of nitrogens with two attached hydrogens (primary N) is 1. The number of benzene rings is 2. The normalized spacial score (nSPS) is 10.2. The monoisotopic (exact) mass is 338 g/mol. The van der Waals surface area contributed by atoms with Crippen molar-refractivity contribution in [2.75, 3.05) is 18.2 Å². The third-order valence-electron chi connectivity index (χ3n) is 2.67. The third-order valence-corrected chi connectivity index (χ3v) is 3.36. The van der Waals surface area contributed by atoms with Gasteiger partial charge in [0.25, 0.3) is 5.91 Å². The van der Waals surface area contributed by atoms with Gasteiger partial charge in [-0.05, 0) is 52.3 Å². The number of nitrogen functional groups attached to an aromatic ring is 1. The molecule has 0 radical (unpaired) electrons. The minimum Gasteiger partial charge on any atom is -0.494 e. The fourth-order valence-electron chi connectivity index (χ4n) is 1.62. The average Bonchev–Trinajstić information content (AvgIpc) is 2.42. The van der Waals surface area contributed by atoms with Crippen molar-refractivity contribution in [1.82, 2.24) is 0 Å². The van der Waals surface area contributed by atoms with E-state index in [1.54, 1.807) is 18.2 Å². The Balaban J connectivity index is 2.19. The number of hydrogen-bond acceptors (Lipinski definition) is 3. The molecule has 4 nitrogen and oxygen atoms in total. The van der Waals surface area contributed by atoms with E-state index < -0.39 is 11.7 Å². The highest BCUT2D eigenvalue weighted by Crippen LogP contribution is 2.24. The summed E-state index contributed by atoms with van der Waals surface area (Å²) in [6.45, 7) is 0. The maximum absolute atomic E-state index is 13.5. The molecule has 1 amide bonds. The topological polar surface area (TPSA) is 64.3 Å². The molecule has 20 heavy (non-hydrogen) atoms. The number of rotatable bonds is 3. The number of amides is 1. The maximum Gasteiger partial charge on any atom is 0.255 e. The van der Waals surface area contributed by atoms with Gasteiger partial charge in [0, 0.05) is 21.4 Å². The molecular weight excluding hydrogens is 327 g/mol. The summed E-state index contributed by atoms with van der Waals surface area (Å²) in [7, 11) is 1.37. The largest absolute Gasteiger partial charge is 0.494 e. The Hall–Kier alpha value is -2.08. The second-order valence-electron chi connectivity index (χ2n) is 4.04. The van der Waals surface area contributed by atoms with Crippen LogP contribution in [0, 0.1) is 5.82 Å². The lowest BCUT2D eigenvalue weighted by Gasteiger charge is -2.08. The molecule has 104 valence electrons. The Bertz CT molecular complexity index is 662. The second-order valence-corrected chi connectivity index (χ2v) is 4.89. The summed E-state index contributed by atoms with van der Waals surface area (Å²) in [5.74, 6) is -0.904. The molecule has 0 aliphatic carbocycles. The average molecular weight is 339 g/mol. The quantitative estimate of drug-likeness (QED) is 0.842. The summed E-state index contributed by atoms with van der Waals surface area (Å²) in [6.07, 6.45) is 0. The molecule has 2 rings (SSSR count). The van der Waals surface area contributed by atoms with Gasteiger partial charge in [-0.3, -0.25) is 4.79 Å². The van der Waals surface area contributed by atoms with Gasteiger partial charge in [-0.2, -0.15) is 0 Å². The third kappa shape index (κ3) is 3.08. The van der Waals surface area contributed by atoms with Crippen molar-refractivity contribution in [3.63, 3.8) is 0 Å². The van der Waals surface area contributed by atoms with Crippen molar-refractivity contribution in [3.05, 3.63) is 52.3 Å². The van der Waals surface area contributed by atoms with Gasteiger partial charge in [0.1, 0.15) is 0 Å². The zero-order valence-electron chi connectivity index (χ0n) is 10.6. The number of nitrogens with one attached hydrogen (secondary N) is 1. The standard InChI is InChI=1S/C14H12BrFN2O2/c1-20-13-5-2-8(6-11(13)16)14(19)18-9-3-4-12(17)10(15)7-9/h2-7H,17H2,1H3,(H,18,19). The predicted octanol–water partition coefficient (Wildman–Crippen LogP) is 3.43. The molecule has 0 spiro atoms. The van der Waals surface area contributed by atoms with Crippen molar-refractivity contribution in [2.24, 2.45) is 0 Å². The minimum absolute atomic E-state index is 0.0942. The summed E-state index contributed by atoms with van der Waals surface area (Å²) >= 11 is 3.27. The van der Waals surface area contributed by atoms with Crippen molar-refractivity contribution >= 4 is 33.2 Å². The highest BCUT2D eigenvalue weighted by atomic mass is 79.9. The van der Waals surface area contributed by atoms with E-state index in [0.717, 1.165) is 6.07 Å². The van der Waals surface area contributed by atoms with E-state index in [4.69, 9.17) is 10.5 Å². The van der Waals surface area contributed by atoms with Crippen molar-refractivity contribution in [3.8, 4) is 5.75 Å². The lowest BCUT2D eigenvalue weighted by Crippen LogP contribution is -2.12.